The number of hydrogen-bond acceptors (Lipinski definition) is 4. The van der Waals surface area contributed by atoms with Crippen molar-refractivity contribution in [3.8, 4) is 5.75 Å². The Bertz CT molecular complexity index is 822. The minimum Gasteiger partial charge on any atom is -0.490 e. The molecule has 0 saturated carbocycles. The molecule has 1 saturated heterocycles. The van der Waals surface area contributed by atoms with Gasteiger partial charge in [-0.25, -0.2) is 0 Å². The highest BCUT2D eigenvalue weighted by Crippen LogP contribution is 2.21. The molecule has 28 heavy (non-hydrogen) atoms. The van der Waals surface area contributed by atoms with E-state index in [2.05, 4.69) is 5.32 Å². The van der Waals surface area contributed by atoms with Crippen LogP contribution in [0, 0.1) is 0 Å². The van der Waals surface area contributed by atoms with Gasteiger partial charge in [-0.1, -0.05) is 24.3 Å². The molecule has 1 aliphatic rings. The molecule has 0 aromatic heterocycles. The SMILES string of the molecule is COCCOc1ccccc1C(=O)Nc1cccc(CN2CCCCC2=O)c1. The fraction of sp³-hybridized carbons (Fsp3) is 0.364. The van der Waals surface area contributed by atoms with Crippen LogP contribution in [0.1, 0.15) is 35.2 Å². The number of para-hydroxylation sites is 1. The van der Waals surface area contributed by atoms with Crippen LogP contribution in [-0.2, 0) is 16.1 Å². The van der Waals surface area contributed by atoms with E-state index in [9.17, 15) is 9.59 Å². The molecular weight excluding hydrogens is 356 g/mol. The van der Waals surface area contributed by atoms with E-state index in [1.807, 2.05) is 35.2 Å². The first-order valence-corrected chi connectivity index (χ1v) is 9.56. The van der Waals surface area contributed by atoms with E-state index in [0.717, 1.165) is 24.9 Å². The van der Waals surface area contributed by atoms with Crippen molar-refractivity contribution >= 4 is 17.5 Å². The molecule has 0 spiro atoms. The molecule has 1 fully saturated rings. The number of nitrogens with one attached hydrogen (secondary N) is 1. The van der Waals surface area contributed by atoms with Gasteiger partial charge in [0.25, 0.3) is 5.91 Å². The van der Waals surface area contributed by atoms with Crippen molar-refractivity contribution in [2.75, 3.05) is 32.2 Å². The van der Waals surface area contributed by atoms with Gasteiger partial charge in [0, 0.05) is 32.3 Å². The topological polar surface area (TPSA) is 67.9 Å². The van der Waals surface area contributed by atoms with E-state index in [1.54, 1.807) is 25.3 Å². The van der Waals surface area contributed by atoms with E-state index >= 15 is 0 Å². The highest BCUT2D eigenvalue weighted by molar-refractivity contribution is 6.06. The van der Waals surface area contributed by atoms with Gasteiger partial charge in [0.2, 0.25) is 5.91 Å². The third-order valence-electron chi connectivity index (χ3n) is 4.66. The first kappa shape index (κ1) is 19.9. The summed E-state index contributed by atoms with van der Waals surface area (Å²) in [6.07, 6.45) is 2.63. The number of amides is 2. The van der Waals surface area contributed by atoms with E-state index in [-0.39, 0.29) is 11.8 Å². The Kier molecular flexibility index (Phi) is 7.03. The number of anilines is 1. The summed E-state index contributed by atoms with van der Waals surface area (Å²) in [5.41, 5.74) is 2.16. The summed E-state index contributed by atoms with van der Waals surface area (Å²) in [4.78, 5) is 26.6. The van der Waals surface area contributed by atoms with E-state index in [1.165, 1.54) is 0 Å². The molecule has 2 aromatic rings. The lowest BCUT2D eigenvalue weighted by Crippen LogP contribution is -2.34. The molecule has 1 N–H and O–H groups in total. The van der Waals surface area contributed by atoms with Crippen LogP contribution in [0.2, 0.25) is 0 Å². The first-order valence-electron chi connectivity index (χ1n) is 9.56. The molecule has 2 aromatic carbocycles. The number of benzene rings is 2. The number of likely N-dealkylation sites (tertiary alicyclic amines) is 1. The average Bonchev–Trinajstić information content (AvgIpc) is 2.70. The largest absolute Gasteiger partial charge is 0.490 e. The van der Waals surface area contributed by atoms with Crippen LogP contribution in [0.5, 0.6) is 5.75 Å². The van der Waals surface area contributed by atoms with Crippen molar-refractivity contribution in [1.82, 2.24) is 4.90 Å². The smallest absolute Gasteiger partial charge is 0.259 e. The number of hydrogen-bond donors (Lipinski definition) is 1. The zero-order chi connectivity index (χ0) is 19.8. The predicted molar refractivity (Wildman–Crippen MR) is 107 cm³/mol. The summed E-state index contributed by atoms with van der Waals surface area (Å²) in [6, 6.07) is 14.7. The molecule has 0 atom stereocenters. The quantitative estimate of drug-likeness (QED) is 0.710. The van der Waals surface area contributed by atoms with Gasteiger partial charge < -0.3 is 19.7 Å². The fourth-order valence-corrected chi connectivity index (χ4v) is 3.21. The summed E-state index contributed by atoms with van der Waals surface area (Å²) in [7, 11) is 1.60. The van der Waals surface area contributed by atoms with Crippen molar-refractivity contribution in [2.45, 2.75) is 25.8 Å². The summed E-state index contributed by atoms with van der Waals surface area (Å²) in [5.74, 6) is 0.481. The van der Waals surface area contributed by atoms with Gasteiger partial charge in [0.15, 0.2) is 0 Å². The second-order valence-corrected chi connectivity index (χ2v) is 6.76. The predicted octanol–water partition coefficient (Wildman–Crippen LogP) is 3.48. The Morgan fingerprint density at radius 2 is 1.96 bits per heavy atom. The Morgan fingerprint density at radius 3 is 2.79 bits per heavy atom. The lowest BCUT2D eigenvalue weighted by molar-refractivity contribution is -0.133. The maximum Gasteiger partial charge on any atom is 0.259 e. The first-order chi connectivity index (χ1) is 13.7. The third-order valence-corrected chi connectivity index (χ3v) is 4.66. The van der Waals surface area contributed by atoms with Crippen molar-refractivity contribution in [2.24, 2.45) is 0 Å². The number of methoxy groups -OCH3 is 1. The zero-order valence-corrected chi connectivity index (χ0v) is 16.1. The number of rotatable bonds is 8. The molecule has 0 aliphatic carbocycles. The van der Waals surface area contributed by atoms with Crippen LogP contribution in [0.3, 0.4) is 0 Å². The Labute approximate surface area is 165 Å². The molecule has 1 heterocycles. The van der Waals surface area contributed by atoms with Crippen LogP contribution in [0.4, 0.5) is 5.69 Å². The number of carbonyl (C=O) groups is 2. The van der Waals surface area contributed by atoms with Gasteiger partial charge >= 0.3 is 0 Å². The van der Waals surface area contributed by atoms with Gasteiger partial charge in [-0.2, -0.15) is 0 Å². The standard InChI is InChI=1S/C22H26N2O4/c1-27-13-14-28-20-10-3-2-9-19(20)22(26)23-18-8-6-7-17(15-18)16-24-12-5-4-11-21(24)25/h2-3,6-10,15H,4-5,11-14,16H2,1H3,(H,23,26). The lowest BCUT2D eigenvalue weighted by atomic mass is 10.1. The molecule has 6 nitrogen and oxygen atoms in total. The van der Waals surface area contributed by atoms with E-state index in [0.29, 0.717) is 43.2 Å². The molecule has 6 heteroatoms. The summed E-state index contributed by atoms with van der Waals surface area (Å²) >= 11 is 0. The summed E-state index contributed by atoms with van der Waals surface area (Å²) in [6.45, 7) is 2.19. The maximum absolute atomic E-state index is 12.7. The molecule has 0 radical (unpaired) electrons. The summed E-state index contributed by atoms with van der Waals surface area (Å²) < 4.78 is 10.6. The number of ether oxygens (including phenoxy) is 2. The van der Waals surface area contributed by atoms with Crippen LogP contribution in [0.15, 0.2) is 48.5 Å². The monoisotopic (exact) mass is 382 g/mol. The van der Waals surface area contributed by atoms with Gasteiger partial charge in [-0.15, -0.1) is 0 Å². The van der Waals surface area contributed by atoms with E-state index in [4.69, 9.17) is 9.47 Å². The molecule has 0 bridgehead atoms. The van der Waals surface area contributed by atoms with Crippen molar-refractivity contribution in [3.05, 3.63) is 59.7 Å². The fourth-order valence-electron chi connectivity index (χ4n) is 3.21. The normalized spacial score (nSPS) is 14.0. The zero-order valence-electron chi connectivity index (χ0n) is 16.1. The van der Waals surface area contributed by atoms with Gasteiger partial charge in [0.05, 0.1) is 12.2 Å². The molecule has 0 unspecified atom stereocenters. The maximum atomic E-state index is 12.7. The molecule has 1 aliphatic heterocycles. The Balaban J connectivity index is 1.67. The highest BCUT2D eigenvalue weighted by atomic mass is 16.5. The van der Waals surface area contributed by atoms with Crippen molar-refractivity contribution in [1.29, 1.82) is 0 Å². The van der Waals surface area contributed by atoms with Crippen molar-refractivity contribution < 1.29 is 19.1 Å². The number of nitrogens with zero attached hydrogens (tertiary/aromatic N) is 1. The average molecular weight is 382 g/mol. The number of piperidine rings is 1. The Morgan fingerprint density at radius 1 is 1.11 bits per heavy atom. The van der Waals surface area contributed by atoms with Gasteiger partial charge in [-0.05, 0) is 42.7 Å². The minimum absolute atomic E-state index is 0.197. The molecule has 148 valence electrons. The second-order valence-electron chi connectivity index (χ2n) is 6.76. The summed E-state index contributed by atoms with van der Waals surface area (Å²) in [5, 5.41) is 2.92. The minimum atomic E-state index is -0.237. The third kappa shape index (κ3) is 5.33. The van der Waals surface area contributed by atoms with Gasteiger partial charge in [-0.3, -0.25) is 9.59 Å². The second kappa shape index (κ2) is 9.90. The van der Waals surface area contributed by atoms with Crippen LogP contribution >= 0.6 is 0 Å². The molecule has 3 rings (SSSR count). The van der Waals surface area contributed by atoms with Crippen LogP contribution in [0.25, 0.3) is 0 Å². The van der Waals surface area contributed by atoms with Crippen LogP contribution in [-0.4, -0.2) is 43.6 Å². The Hall–Kier alpha value is -2.86. The highest BCUT2D eigenvalue weighted by Gasteiger charge is 2.18. The van der Waals surface area contributed by atoms with Gasteiger partial charge in [0.1, 0.15) is 12.4 Å². The molecular formula is C22H26N2O4. The lowest BCUT2D eigenvalue weighted by Gasteiger charge is -2.26. The molecule has 2 amide bonds. The van der Waals surface area contributed by atoms with E-state index < -0.39 is 0 Å². The number of carbonyl (C=O) groups excluding carboxylic acids is 2. The van der Waals surface area contributed by atoms with Crippen molar-refractivity contribution in [3.63, 3.8) is 0 Å². The van der Waals surface area contributed by atoms with Crippen LogP contribution < -0.4 is 10.1 Å².